The summed E-state index contributed by atoms with van der Waals surface area (Å²) < 4.78 is 0. The Morgan fingerprint density at radius 2 is 1.58 bits per heavy atom. The van der Waals surface area contributed by atoms with Gasteiger partial charge in [-0.3, -0.25) is 19.3 Å². The van der Waals surface area contributed by atoms with Crippen LogP contribution in [0, 0.1) is 0 Å². The molecule has 0 aliphatic carbocycles. The quantitative estimate of drug-likeness (QED) is 0.599. The number of imide groups is 1. The first-order chi connectivity index (χ1) is 5.49. The van der Waals surface area contributed by atoms with Gasteiger partial charge in [0.25, 0.3) is 0 Å². The summed E-state index contributed by atoms with van der Waals surface area (Å²) in [4.78, 5) is 33.1. The largest absolute Gasteiger partial charge is 0.296 e. The molecule has 0 atom stereocenters. The van der Waals surface area contributed by atoms with Crippen LogP contribution in [-0.2, 0) is 14.4 Å². The first kappa shape index (κ1) is 11.1. The Bertz CT molecular complexity index is 201. The van der Waals surface area contributed by atoms with E-state index < -0.39 is 11.8 Å². The van der Waals surface area contributed by atoms with E-state index in [2.05, 4.69) is 0 Å². The van der Waals surface area contributed by atoms with E-state index in [4.69, 9.17) is 11.6 Å². The monoisotopic (exact) mass is 191 g/mol. The molecule has 0 rings (SSSR count). The van der Waals surface area contributed by atoms with Crippen molar-refractivity contribution in [3.8, 4) is 0 Å². The third kappa shape index (κ3) is 3.48. The summed E-state index contributed by atoms with van der Waals surface area (Å²) in [5.74, 6) is -1.42. The number of alkyl halides is 1. The normalized spacial score (nSPS) is 9.25. The number of carbonyl (C=O) groups is 3. The third-order valence-electron chi connectivity index (χ3n) is 1.24. The second kappa shape index (κ2) is 4.87. The molecule has 0 N–H and O–H groups in total. The van der Waals surface area contributed by atoms with Crippen LogP contribution in [0.2, 0.25) is 0 Å². The first-order valence-corrected chi connectivity index (χ1v) is 3.88. The number of ketones is 1. The number of Topliss-reactive ketones (excluding diaryl/α,β-unsaturated/α-hetero) is 1. The smallest absolute Gasteiger partial charge is 0.226 e. The van der Waals surface area contributed by atoms with Gasteiger partial charge < -0.3 is 0 Å². The van der Waals surface area contributed by atoms with Crippen LogP contribution in [0.5, 0.6) is 0 Å². The minimum atomic E-state index is -0.444. The highest BCUT2D eigenvalue weighted by Gasteiger charge is 2.16. The average Bonchev–Trinajstić information content (AvgIpc) is 1.98. The highest BCUT2D eigenvalue weighted by molar-refractivity contribution is 6.28. The maximum Gasteiger partial charge on any atom is 0.226 e. The Morgan fingerprint density at radius 1 is 1.17 bits per heavy atom. The molecule has 0 fully saturated rings. The van der Waals surface area contributed by atoms with Crippen LogP contribution in [0.15, 0.2) is 0 Å². The van der Waals surface area contributed by atoms with Crippen LogP contribution >= 0.6 is 11.6 Å². The molecule has 0 unspecified atom stereocenters. The van der Waals surface area contributed by atoms with Crippen molar-refractivity contribution in [3.63, 3.8) is 0 Å². The minimum Gasteiger partial charge on any atom is -0.296 e. The zero-order chi connectivity index (χ0) is 9.72. The predicted molar refractivity (Wildman–Crippen MR) is 43.8 cm³/mol. The van der Waals surface area contributed by atoms with E-state index in [9.17, 15) is 14.4 Å². The Balaban J connectivity index is 4.24. The zero-order valence-corrected chi connectivity index (χ0v) is 7.72. The van der Waals surface area contributed by atoms with Crippen molar-refractivity contribution in [3.05, 3.63) is 0 Å². The van der Waals surface area contributed by atoms with Crippen molar-refractivity contribution in [2.75, 3.05) is 12.4 Å². The Labute approximate surface area is 75.5 Å². The summed E-state index contributed by atoms with van der Waals surface area (Å²) in [6, 6.07) is 0. The van der Waals surface area contributed by atoms with E-state index in [1.54, 1.807) is 0 Å². The maximum atomic E-state index is 10.8. The molecule has 0 aromatic heterocycles. The number of carbonyl (C=O) groups excluding carboxylic acids is 3. The van der Waals surface area contributed by atoms with Crippen molar-refractivity contribution in [2.45, 2.75) is 13.8 Å². The number of hydrogen-bond donors (Lipinski definition) is 0. The molecule has 2 amide bonds. The predicted octanol–water partition coefficient (Wildman–Crippen LogP) is 0.189. The van der Waals surface area contributed by atoms with Crippen LogP contribution in [0.25, 0.3) is 0 Å². The average molecular weight is 192 g/mol. The van der Waals surface area contributed by atoms with E-state index in [0.29, 0.717) is 0 Å². The molecule has 0 heterocycles. The molecule has 0 aromatic carbocycles. The molecular formula is C7H10ClNO3. The number of halogens is 1. The SMILES string of the molecule is CC(=O)N(CC(=O)CCl)C(C)=O. The lowest BCUT2D eigenvalue weighted by molar-refractivity contribution is -0.144. The van der Waals surface area contributed by atoms with E-state index in [-0.39, 0.29) is 18.2 Å². The molecule has 68 valence electrons. The fourth-order valence-electron chi connectivity index (χ4n) is 0.663. The van der Waals surface area contributed by atoms with E-state index in [1.165, 1.54) is 13.8 Å². The standard InChI is InChI=1S/C7H10ClNO3/c1-5(10)9(6(2)11)4-7(12)3-8/h3-4H2,1-2H3. The lowest BCUT2D eigenvalue weighted by Crippen LogP contribution is -2.38. The van der Waals surface area contributed by atoms with Crippen molar-refractivity contribution in [2.24, 2.45) is 0 Å². The maximum absolute atomic E-state index is 10.8. The second-order valence-corrected chi connectivity index (χ2v) is 2.56. The van der Waals surface area contributed by atoms with Crippen LogP contribution in [0.3, 0.4) is 0 Å². The van der Waals surface area contributed by atoms with Gasteiger partial charge in [0.2, 0.25) is 11.8 Å². The second-order valence-electron chi connectivity index (χ2n) is 2.30. The van der Waals surface area contributed by atoms with E-state index in [1.807, 2.05) is 0 Å². The summed E-state index contributed by atoms with van der Waals surface area (Å²) in [6.45, 7) is 2.22. The molecule has 0 saturated carbocycles. The molecule has 0 aromatic rings. The van der Waals surface area contributed by atoms with Crippen LogP contribution in [0.1, 0.15) is 13.8 Å². The summed E-state index contributed by atoms with van der Waals surface area (Å²) in [7, 11) is 0. The minimum absolute atomic E-state index is 0.183. The van der Waals surface area contributed by atoms with Gasteiger partial charge in [-0.2, -0.15) is 0 Å². The molecule has 0 bridgehead atoms. The van der Waals surface area contributed by atoms with Gasteiger partial charge in [0.15, 0.2) is 5.78 Å². The van der Waals surface area contributed by atoms with Crippen molar-refractivity contribution in [1.29, 1.82) is 0 Å². The van der Waals surface area contributed by atoms with Crippen LogP contribution in [-0.4, -0.2) is 34.9 Å². The summed E-state index contributed by atoms with van der Waals surface area (Å²) in [5, 5.41) is 0. The number of amides is 2. The lowest BCUT2D eigenvalue weighted by atomic mass is 10.3. The Morgan fingerprint density at radius 3 is 1.83 bits per heavy atom. The van der Waals surface area contributed by atoms with E-state index in [0.717, 1.165) is 4.90 Å². The molecule has 0 aliphatic rings. The zero-order valence-electron chi connectivity index (χ0n) is 6.96. The van der Waals surface area contributed by atoms with E-state index >= 15 is 0 Å². The van der Waals surface area contributed by atoms with Gasteiger partial charge in [-0.15, -0.1) is 11.6 Å². The first-order valence-electron chi connectivity index (χ1n) is 3.35. The van der Waals surface area contributed by atoms with Gasteiger partial charge in [0.05, 0.1) is 12.4 Å². The number of hydrogen-bond acceptors (Lipinski definition) is 3. The summed E-state index contributed by atoms with van der Waals surface area (Å²) in [5.41, 5.74) is 0. The molecule has 5 heteroatoms. The van der Waals surface area contributed by atoms with Gasteiger partial charge in [-0.25, -0.2) is 0 Å². The molecule has 0 saturated heterocycles. The molecular weight excluding hydrogens is 182 g/mol. The van der Waals surface area contributed by atoms with Gasteiger partial charge >= 0.3 is 0 Å². The number of nitrogens with zero attached hydrogens (tertiary/aromatic N) is 1. The highest BCUT2D eigenvalue weighted by Crippen LogP contribution is 1.92. The van der Waals surface area contributed by atoms with Crippen LogP contribution < -0.4 is 0 Å². The number of rotatable bonds is 3. The Kier molecular flexibility index (Phi) is 4.51. The fraction of sp³-hybridized carbons (Fsp3) is 0.571. The van der Waals surface area contributed by atoms with Crippen LogP contribution in [0.4, 0.5) is 0 Å². The topological polar surface area (TPSA) is 54.5 Å². The van der Waals surface area contributed by atoms with Crippen molar-refractivity contribution >= 4 is 29.2 Å². The fourth-order valence-corrected chi connectivity index (χ4v) is 0.748. The third-order valence-corrected chi connectivity index (χ3v) is 1.54. The van der Waals surface area contributed by atoms with Gasteiger partial charge in [-0.05, 0) is 0 Å². The lowest BCUT2D eigenvalue weighted by Gasteiger charge is -2.14. The molecule has 4 nitrogen and oxygen atoms in total. The molecule has 12 heavy (non-hydrogen) atoms. The van der Waals surface area contributed by atoms with Crippen molar-refractivity contribution in [1.82, 2.24) is 4.90 Å². The highest BCUT2D eigenvalue weighted by atomic mass is 35.5. The Hall–Kier alpha value is -0.900. The molecule has 0 aliphatic heterocycles. The van der Waals surface area contributed by atoms with Crippen molar-refractivity contribution < 1.29 is 14.4 Å². The molecule has 0 spiro atoms. The summed E-state index contributed by atoms with van der Waals surface area (Å²) >= 11 is 5.21. The van der Waals surface area contributed by atoms with Gasteiger partial charge in [0, 0.05) is 13.8 Å². The van der Waals surface area contributed by atoms with Gasteiger partial charge in [-0.1, -0.05) is 0 Å². The molecule has 0 radical (unpaired) electrons. The summed E-state index contributed by atoms with van der Waals surface area (Å²) in [6.07, 6.45) is 0. The van der Waals surface area contributed by atoms with Gasteiger partial charge in [0.1, 0.15) is 0 Å².